The second-order valence-electron chi connectivity index (χ2n) is 10.7. The van der Waals surface area contributed by atoms with Crippen molar-refractivity contribution in [2.75, 3.05) is 27.3 Å². The van der Waals surface area contributed by atoms with Gasteiger partial charge in [-0.25, -0.2) is 0 Å². The van der Waals surface area contributed by atoms with E-state index in [-0.39, 0.29) is 35.4 Å². The normalized spacial score (nSPS) is 36.5. The first-order valence-electron chi connectivity index (χ1n) is 12.3. The summed E-state index contributed by atoms with van der Waals surface area (Å²) in [4.78, 5) is 15.5. The molecule has 4 aliphatic rings. The number of fused-ring (bicyclic) bond motifs is 3. The molecule has 32 heavy (non-hydrogen) atoms. The Balaban J connectivity index is 1.39. The molecule has 1 unspecified atom stereocenters. The Morgan fingerprint density at radius 1 is 1.19 bits per heavy atom. The summed E-state index contributed by atoms with van der Waals surface area (Å²) >= 11 is 0. The van der Waals surface area contributed by atoms with E-state index in [1.54, 1.807) is 19.8 Å². The van der Waals surface area contributed by atoms with Crippen LogP contribution in [0.15, 0.2) is 23.8 Å². The zero-order valence-corrected chi connectivity index (χ0v) is 20.1. The van der Waals surface area contributed by atoms with E-state index in [4.69, 9.17) is 14.2 Å². The van der Waals surface area contributed by atoms with Gasteiger partial charge in [0.2, 0.25) is 0 Å². The summed E-state index contributed by atoms with van der Waals surface area (Å²) in [5.74, 6) is 2.31. The van der Waals surface area contributed by atoms with Crippen molar-refractivity contribution in [3.05, 3.63) is 34.9 Å². The standard InChI is InChI=1S/C27H37NO4/c1-16-7-6-9-27(3)14-25-20(12-22(16)27)21(26(29)32-25)15-28-10-8-18-11-23(30-4)24(31-5)13-19(18)17(28)2/h11-13,16-17,20-21,25H,6-10,14-15H2,1-5H3/t16-,17-,20+,21?,25+,27+/m0/s1. The molecule has 2 aliphatic heterocycles. The molecule has 2 heterocycles. The van der Waals surface area contributed by atoms with Crippen LogP contribution in [0.4, 0.5) is 0 Å². The number of rotatable bonds is 4. The van der Waals surface area contributed by atoms with E-state index in [2.05, 4.69) is 43.9 Å². The molecule has 2 aliphatic carbocycles. The molecule has 0 bridgehead atoms. The number of allylic oxidation sites excluding steroid dienone is 1. The highest BCUT2D eigenvalue weighted by Crippen LogP contribution is 2.54. The number of methoxy groups -OCH3 is 2. The number of esters is 1. The van der Waals surface area contributed by atoms with Crippen molar-refractivity contribution < 1.29 is 19.0 Å². The predicted octanol–water partition coefficient (Wildman–Crippen LogP) is 4.94. The van der Waals surface area contributed by atoms with Gasteiger partial charge < -0.3 is 14.2 Å². The number of hydrogen-bond donors (Lipinski definition) is 0. The molecule has 0 radical (unpaired) electrons. The Morgan fingerprint density at radius 2 is 1.94 bits per heavy atom. The first-order chi connectivity index (χ1) is 15.3. The van der Waals surface area contributed by atoms with Crippen molar-refractivity contribution in [1.82, 2.24) is 4.90 Å². The van der Waals surface area contributed by atoms with Gasteiger partial charge in [0.1, 0.15) is 6.10 Å². The minimum atomic E-state index is -0.0738. The Labute approximate surface area is 192 Å². The summed E-state index contributed by atoms with van der Waals surface area (Å²) in [6, 6.07) is 4.44. The van der Waals surface area contributed by atoms with Gasteiger partial charge in [0, 0.05) is 25.0 Å². The second kappa shape index (κ2) is 8.09. The molecule has 6 atom stereocenters. The van der Waals surface area contributed by atoms with E-state index in [1.165, 1.54) is 30.4 Å². The summed E-state index contributed by atoms with van der Waals surface area (Å²) in [5, 5.41) is 0. The Kier molecular flexibility index (Phi) is 5.51. The van der Waals surface area contributed by atoms with Crippen LogP contribution in [0.1, 0.15) is 63.6 Å². The number of carbonyl (C=O) groups excluding carboxylic acids is 1. The first-order valence-corrected chi connectivity index (χ1v) is 12.3. The lowest BCUT2D eigenvalue weighted by Gasteiger charge is -2.46. The van der Waals surface area contributed by atoms with Crippen LogP contribution < -0.4 is 9.47 Å². The average Bonchev–Trinajstić information content (AvgIpc) is 3.06. The molecular weight excluding hydrogens is 402 g/mol. The number of benzene rings is 1. The maximum Gasteiger partial charge on any atom is 0.311 e. The van der Waals surface area contributed by atoms with Crippen molar-refractivity contribution in [2.24, 2.45) is 23.2 Å². The third-order valence-corrected chi connectivity index (χ3v) is 8.82. The van der Waals surface area contributed by atoms with Crippen LogP contribution in [-0.2, 0) is 16.0 Å². The van der Waals surface area contributed by atoms with Gasteiger partial charge in [-0.2, -0.15) is 0 Å². The maximum atomic E-state index is 13.0. The largest absolute Gasteiger partial charge is 0.493 e. The van der Waals surface area contributed by atoms with Gasteiger partial charge in [0.25, 0.3) is 0 Å². The van der Waals surface area contributed by atoms with E-state index < -0.39 is 0 Å². The molecule has 0 amide bonds. The number of ether oxygens (including phenoxy) is 3. The molecule has 5 nitrogen and oxygen atoms in total. The summed E-state index contributed by atoms with van der Waals surface area (Å²) < 4.78 is 17.0. The zero-order valence-electron chi connectivity index (χ0n) is 20.1. The molecule has 0 spiro atoms. The summed E-state index contributed by atoms with van der Waals surface area (Å²) in [7, 11) is 3.36. The van der Waals surface area contributed by atoms with Crippen LogP contribution >= 0.6 is 0 Å². The van der Waals surface area contributed by atoms with Gasteiger partial charge in [-0.1, -0.05) is 31.9 Å². The summed E-state index contributed by atoms with van der Waals surface area (Å²) in [5.41, 5.74) is 4.38. The molecule has 5 heteroatoms. The van der Waals surface area contributed by atoms with Gasteiger partial charge in [0.15, 0.2) is 11.5 Å². The SMILES string of the molecule is COc1cc2c(cc1OC)[C@H](C)N(CC1C(=O)O[C@@H]3C[C@@]4(C)CCC[C@H](C)C4=C[C@H]13)CC2. The topological polar surface area (TPSA) is 48.0 Å². The molecule has 1 aromatic carbocycles. The van der Waals surface area contributed by atoms with Crippen molar-refractivity contribution in [3.8, 4) is 11.5 Å². The van der Waals surface area contributed by atoms with E-state index in [9.17, 15) is 4.79 Å². The summed E-state index contributed by atoms with van der Waals surface area (Å²) in [6.45, 7) is 8.68. The molecule has 174 valence electrons. The van der Waals surface area contributed by atoms with Gasteiger partial charge in [-0.15, -0.1) is 0 Å². The van der Waals surface area contributed by atoms with Gasteiger partial charge in [0.05, 0.1) is 20.1 Å². The lowest BCUT2D eigenvalue weighted by Crippen LogP contribution is -2.42. The highest BCUT2D eigenvalue weighted by molar-refractivity contribution is 5.76. The molecular formula is C27H37NO4. The van der Waals surface area contributed by atoms with Crippen LogP contribution in [0.3, 0.4) is 0 Å². The first kappa shape index (κ1) is 21.8. The third-order valence-electron chi connectivity index (χ3n) is 8.82. The third kappa shape index (κ3) is 3.44. The van der Waals surface area contributed by atoms with Crippen molar-refractivity contribution >= 4 is 5.97 Å². The van der Waals surface area contributed by atoms with Crippen LogP contribution in [-0.4, -0.2) is 44.3 Å². The molecule has 1 aromatic rings. The average molecular weight is 440 g/mol. The van der Waals surface area contributed by atoms with E-state index in [1.807, 2.05) is 0 Å². The minimum absolute atomic E-state index is 0.00272. The highest BCUT2D eigenvalue weighted by atomic mass is 16.6. The smallest absolute Gasteiger partial charge is 0.311 e. The molecule has 2 fully saturated rings. The second-order valence-corrected chi connectivity index (χ2v) is 10.7. The van der Waals surface area contributed by atoms with Crippen LogP contribution in [0, 0.1) is 23.2 Å². The van der Waals surface area contributed by atoms with Gasteiger partial charge in [-0.3, -0.25) is 9.69 Å². The van der Waals surface area contributed by atoms with E-state index in [0.717, 1.165) is 37.4 Å². The number of hydrogen-bond acceptors (Lipinski definition) is 5. The van der Waals surface area contributed by atoms with Crippen LogP contribution in [0.25, 0.3) is 0 Å². The fraction of sp³-hybridized carbons (Fsp3) is 0.667. The molecule has 0 aromatic heterocycles. The molecule has 1 saturated heterocycles. The highest BCUT2D eigenvalue weighted by Gasteiger charge is 2.52. The van der Waals surface area contributed by atoms with Crippen molar-refractivity contribution in [1.29, 1.82) is 0 Å². The summed E-state index contributed by atoms with van der Waals surface area (Å²) in [6.07, 6.45) is 8.22. The maximum absolute atomic E-state index is 13.0. The monoisotopic (exact) mass is 439 g/mol. The van der Waals surface area contributed by atoms with Crippen molar-refractivity contribution in [2.45, 2.75) is 65.0 Å². The minimum Gasteiger partial charge on any atom is -0.493 e. The van der Waals surface area contributed by atoms with Crippen LogP contribution in [0.5, 0.6) is 11.5 Å². The fourth-order valence-electron chi connectivity index (χ4n) is 6.96. The Hall–Kier alpha value is -2.01. The quantitative estimate of drug-likeness (QED) is 0.491. The zero-order chi connectivity index (χ0) is 22.6. The Morgan fingerprint density at radius 3 is 2.69 bits per heavy atom. The van der Waals surface area contributed by atoms with E-state index in [0.29, 0.717) is 5.92 Å². The van der Waals surface area contributed by atoms with Gasteiger partial charge in [-0.05, 0) is 67.2 Å². The fourth-order valence-corrected chi connectivity index (χ4v) is 6.96. The van der Waals surface area contributed by atoms with Crippen molar-refractivity contribution in [3.63, 3.8) is 0 Å². The number of nitrogens with zero attached hydrogens (tertiary/aromatic N) is 1. The van der Waals surface area contributed by atoms with E-state index >= 15 is 0 Å². The molecule has 5 rings (SSSR count). The molecule has 1 saturated carbocycles. The Bertz CT molecular complexity index is 940. The predicted molar refractivity (Wildman–Crippen MR) is 124 cm³/mol. The number of carbonyl (C=O) groups is 1. The lowest BCUT2D eigenvalue weighted by atomic mass is 9.59. The van der Waals surface area contributed by atoms with Gasteiger partial charge >= 0.3 is 5.97 Å². The van der Waals surface area contributed by atoms with Crippen LogP contribution in [0.2, 0.25) is 0 Å². The molecule has 0 N–H and O–H groups in total. The lowest BCUT2D eigenvalue weighted by molar-refractivity contribution is -0.145.